The number of nitrogens with one attached hydrogen (secondary N) is 1. The third-order valence-corrected chi connectivity index (χ3v) is 4.20. The Balaban J connectivity index is 1.75. The molecule has 0 aliphatic carbocycles. The lowest BCUT2D eigenvalue weighted by atomic mass is 9.95. The Labute approximate surface area is 130 Å². The Morgan fingerprint density at radius 3 is 3.00 bits per heavy atom. The number of hydrogen-bond acceptors (Lipinski definition) is 5. The molecule has 3 rings (SSSR count). The van der Waals surface area contributed by atoms with E-state index in [4.69, 9.17) is 16.4 Å². The molecule has 0 saturated carbocycles. The van der Waals surface area contributed by atoms with E-state index in [1.807, 2.05) is 18.2 Å². The van der Waals surface area contributed by atoms with Crippen LogP contribution in [0.2, 0.25) is 5.02 Å². The molecule has 2 aromatic rings. The number of thiazole rings is 1. The van der Waals surface area contributed by atoms with Crippen molar-refractivity contribution in [1.29, 1.82) is 0 Å². The van der Waals surface area contributed by atoms with E-state index < -0.39 is 5.60 Å². The number of carbonyl (C=O) groups excluding carboxylic acids is 1. The number of halogens is 1. The highest BCUT2D eigenvalue weighted by Crippen LogP contribution is 2.30. The number of amides is 1. The highest BCUT2D eigenvalue weighted by atomic mass is 35.5. The quantitative estimate of drug-likeness (QED) is 0.943. The van der Waals surface area contributed by atoms with Crippen molar-refractivity contribution in [3.05, 3.63) is 46.4 Å². The minimum Gasteiger partial charge on any atom is -0.379 e. The normalized spacial score (nSPS) is 20.8. The zero-order valence-electron chi connectivity index (χ0n) is 11.2. The van der Waals surface area contributed by atoms with Crippen LogP contribution in [0.25, 0.3) is 0 Å². The van der Waals surface area contributed by atoms with Crippen molar-refractivity contribution < 1.29 is 9.63 Å². The first-order chi connectivity index (χ1) is 10.1. The molecule has 0 radical (unpaired) electrons. The van der Waals surface area contributed by atoms with Crippen LogP contribution in [0.15, 0.2) is 41.0 Å². The van der Waals surface area contributed by atoms with Crippen molar-refractivity contribution in [2.75, 3.05) is 5.32 Å². The molecule has 0 spiro atoms. The van der Waals surface area contributed by atoms with Crippen molar-refractivity contribution in [1.82, 2.24) is 4.98 Å². The Bertz CT molecular complexity index is 702. The average Bonchev–Trinajstić information content (AvgIpc) is 3.10. The van der Waals surface area contributed by atoms with Gasteiger partial charge >= 0.3 is 0 Å². The molecule has 21 heavy (non-hydrogen) atoms. The largest absolute Gasteiger partial charge is 0.379 e. The first-order valence-electron chi connectivity index (χ1n) is 6.29. The lowest BCUT2D eigenvalue weighted by Gasteiger charge is -2.19. The number of benzene rings is 1. The van der Waals surface area contributed by atoms with Crippen molar-refractivity contribution in [3.63, 3.8) is 0 Å². The van der Waals surface area contributed by atoms with Gasteiger partial charge in [0.1, 0.15) is 0 Å². The molecular formula is C14H12ClN3O2S. The van der Waals surface area contributed by atoms with E-state index in [-0.39, 0.29) is 5.91 Å². The van der Waals surface area contributed by atoms with Gasteiger partial charge in [-0.1, -0.05) is 35.0 Å². The van der Waals surface area contributed by atoms with Crippen molar-refractivity contribution in [3.8, 4) is 0 Å². The summed E-state index contributed by atoms with van der Waals surface area (Å²) in [6.07, 6.45) is 1.98. The molecule has 1 atom stereocenters. The lowest BCUT2D eigenvalue weighted by molar-refractivity contribution is -0.135. The summed E-state index contributed by atoms with van der Waals surface area (Å²) in [5.74, 6) is -0.275. The fraction of sp³-hybridized carbons (Fsp3) is 0.214. The highest BCUT2D eigenvalue weighted by molar-refractivity contribution is 7.13. The van der Waals surface area contributed by atoms with E-state index in [9.17, 15) is 4.79 Å². The van der Waals surface area contributed by atoms with E-state index in [2.05, 4.69) is 15.5 Å². The predicted octanol–water partition coefficient (Wildman–Crippen LogP) is 3.32. The van der Waals surface area contributed by atoms with E-state index in [1.165, 1.54) is 11.3 Å². The van der Waals surface area contributed by atoms with Gasteiger partial charge in [0.25, 0.3) is 5.91 Å². The standard InChI is InChI=1S/C14H12ClN3O2S/c1-14(12(19)17-13-16-6-7-21-13)8-11(18-20-14)9-4-2-3-5-10(9)15/h2-7H,8H2,1H3,(H,16,17,19)/t14-/m0/s1. The summed E-state index contributed by atoms with van der Waals surface area (Å²) in [6, 6.07) is 7.35. The van der Waals surface area contributed by atoms with Crippen molar-refractivity contribution >= 4 is 39.7 Å². The first kappa shape index (κ1) is 14.0. The molecule has 0 unspecified atom stereocenters. The monoisotopic (exact) mass is 321 g/mol. The van der Waals surface area contributed by atoms with Crippen LogP contribution < -0.4 is 5.32 Å². The van der Waals surface area contributed by atoms with Crippen LogP contribution in [0.5, 0.6) is 0 Å². The Morgan fingerprint density at radius 1 is 1.48 bits per heavy atom. The molecule has 0 fully saturated rings. The van der Waals surface area contributed by atoms with Gasteiger partial charge in [0.2, 0.25) is 5.60 Å². The van der Waals surface area contributed by atoms with Gasteiger partial charge in [0.05, 0.1) is 5.71 Å². The van der Waals surface area contributed by atoms with Gasteiger partial charge in [0, 0.05) is 28.6 Å². The van der Waals surface area contributed by atoms with E-state index in [0.29, 0.717) is 22.3 Å². The number of anilines is 1. The Morgan fingerprint density at radius 2 is 2.29 bits per heavy atom. The average molecular weight is 322 g/mol. The van der Waals surface area contributed by atoms with Crippen LogP contribution >= 0.6 is 22.9 Å². The number of carbonyl (C=O) groups is 1. The molecule has 7 heteroatoms. The predicted molar refractivity (Wildman–Crippen MR) is 82.8 cm³/mol. The van der Waals surface area contributed by atoms with Crippen LogP contribution in [0.4, 0.5) is 5.13 Å². The summed E-state index contributed by atoms with van der Waals surface area (Å²) in [4.78, 5) is 21.7. The zero-order chi connectivity index (χ0) is 14.9. The number of hydrogen-bond donors (Lipinski definition) is 1. The summed E-state index contributed by atoms with van der Waals surface area (Å²) < 4.78 is 0. The molecule has 1 aliphatic rings. The van der Waals surface area contributed by atoms with Crippen LogP contribution in [0, 0.1) is 0 Å². The van der Waals surface area contributed by atoms with Gasteiger partial charge in [-0.25, -0.2) is 4.98 Å². The molecular weight excluding hydrogens is 310 g/mol. The van der Waals surface area contributed by atoms with Crippen molar-refractivity contribution in [2.45, 2.75) is 18.9 Å². The summed E-state index contributed by atoms with van der Waals surface area (Å²) in [6.45, 7) is 1.70. The summed E-state index contributed by atoms with van der Waals surface area (Å²) >= 11 is 7.50. The van der Waals surface area contributed by atoms with E-state index in [0.717, 1.165) is 5.56 Å². The first-order valence-corrected chi connectivity index (χ1v) is 7.55. The number of oxime groups is 1. The highest BCUT2D eigenvalue weighted by Gasteiger charge is 2.42. The molecule has 108 valence electrons. The SMILES string of the molecule is C[C@@]1(C(=O)Nc2nccs2)CC(c2ccccc2Cl)=NO1. The minimum atomic E-state index is -1.06. The third-order valence-electron chi connectivity index (χ3n) is 3.18. The molecule has 2 heterocycles. The maximum atomic E-state index is 12.3. The molecule has 0 saturated heterocycles. The molecule has 1 aromatic heterocycles. The minimum absolute atomic E-state index is 0.275. The number of nitrogens with zero attached hydrogens (tertiary/aromatic N) is 2. The van der Waals surface area contributed by atoms with Crippen LogP contribution in [0.1, 0.15) is 18.9 Å². The van der Waals surface area contributed by atoms with Gasteiger partial charge in [-0.2, -0.15) is 0 Å². The maximum absolute atomic E-state index is 12.3. The topological polar surface area (TPSA) is 63.6 Å². The van der Waals surface area contributed by atoms with E-state index >= 15 is 0 Å². The van der Waals surface area contributed by atoms with Gasteiger partial charge in [0.15, 0.2) is 5.13 Å². The molecule has 1 N–H and O–H groups in total. The smallest absolute Gasteiger partial charge is 0.273 e. The fourth-order valence-corrected chi connectivity index (χ4v) is 2.78. The Kier molecular flexibility index (Phi) is 3.65. The van der Waals surface area contributed by atoms with E-state index in [1.54, 1.807) is 24.6 Å². The second-order valence-corrected chi connectivity index (χ2v) is 6.11. The lowest BCUT2D eigenvalue weighted by Crippen LogP contribution is -2.40. The molecule has 1 aliphatic heterocycles. The second kappa shape index (κ2) is 5.46. The van der Waals surface area contributed by atoms with Gasteiger partial charge in [-0.05, 0) is 13.0 Å². The molecule has 0 bridgehead atoms. The summed E-state index contributed by atoms with van der Waals surface area (Å²) in [5.41, 5.74) is 0.391. The number of rotatable bonds is 3. The Hall–Kier alpha value is -1.92. The van der Waals surface area contributed by atoms with Crippen molar-refractivity contribution in [2.24, 2.45) is 5.16 Å². The third kappa shape index (κ3) is 2.77. The van der Waals surface area contributed by atoms with Gasteiger partial charge in [-0.3, -0.25) is 10.1 Å². The van der Waals surface area contributed by atoms with Crippen LogP contribution in [-0.2, 0) is 9.63 Å². The summed E-state index contributed by atoms with van der Waals surface area (Å²) in [5, 5.41) is 9.67. The molecule has 5 nitrogen and oxygen atoms in total. The van der Waals surface area contributed by atoms with Crippen LogP contribution in [-0.4, -0.2) is 22.2 Å². The zero-order valence-corrected chi connectivity index (χ0v) is 12.7. The number of aromatic nitrogens is 1. The summed E-state index contributed by atoms with van der Waals surface area (Å²) in [7, 11) is 0. The fourth-order valence-electron chi connectivity index (χ4n) is 2.02. The maximum Gasteiger partial charge on any atom is 0.273 e. The van der Waals surface area contributed by atoms with Gasteiger partial charge < -0.3 is 4.84 Å². The molecule has 1 amide bonds. The van der Waals surface area contributed by atoms with Gasteiger partial charge in [-0.15, -0.1) is 11.3 Å². The molecule has 1 aromatic carbocycles. The van der Waals surface area contributed by atoms with Crippen LogP contribution in [0.3, 0.4) is 0 Å². The second-order valence-electron chi connectivity index (χ2n) is 4.81.